The van der Waals surface area contributed by atoms with E-state index in [4.69, 9.17) is 4.42 Å². The zero-order chi connectivity index (χ0) is 24.5. The summed E-state index contributed by atoms with van der Waals surface area (Å²) in [6, 6.07) is 22.2. The third kappa shape index (κ3) is 4.44. The Labute approximate surface area is 206 Å². The number of aliphatic hydroxyl groups excluding tert-OH is 1. The van der Waals surface area contributed by atoms with Gasteiger partial charge in [-0.05, 0) is 50.5 Å². The molecular weight excluding hydrogens is 436 g/mol. The molecule has 35 heavy (non-hydrogen) atoms. The predicted octanol–water partition coefficient (Wildman–Crippen LogP) is 6.07. The average Bonchev–Trinajstić information content (AvgIpc) is 3.37. The highest BCUT2D eigenvalue weighted by atomic mass is 16.4. The summed E-state index contributed by atoms with van der Waals surface area (Å²) >= 11 is 0. The quantitative estimate of drug-likeness (QED) is 0.360. The van der Waals surface area contributed by atoms with Crippen molar-refractivity contribution >= 4 is 22.5 Å². The van der Waals surface area contributed by atoms with Crippen LogP contribution in [0.4, 0.5) is 11.6 Å². The Hall–Kier alpha value is -3.57. The topological polar surface area (TPSA) is 65.7 Å². The summed E-state index contributed by atoms with van der Waals surface area (Å²) in [5.41, 5.74) is 6.30. The van der Waals surface area contributed by atoms with Crippen LogP contribution in [0, 0.1) is 13.8 Å². The van der Waals surface area contributed by atoms with Gasteiger partial charge in [0.1, 0.15) is 5.58 Å². The molecule has 0 aliphatic carbocycles. The van der Waals surface area contributed by atoms with E-state index >= 15 is 0 Å². The first kappa shape index (κ1) is 23.2. The highest BCUT2D eigenvalue weighted by molar-refractivity contribution is 5.84. The van der Waals surface area contributed by atoms with Gasteiger partial charge < -0.3 is 19.7 Å². The molecule has 0 amide bonds. The van der Waals surface area contributed by atoms with Gasteiger partial charge in [-0.2, -0.15) is 0 Å². The third-order valence-corrected chi connectivity index (χ3v) is 7.14. The van der Waals surface area contributed by atoms with Crippen molar-refractivity contribution in [3.05, 3.63) is 105 Å². The van der Waals surface area contributed by atoms with Gasteiger partial charge in [-0.25, -0.2) is 0 Å². The minimum Gasteiger partial charge on any atom is -0.440 e. The Balaban J connectivity index is 1.54. The summed E-state index contributed by atoms with van der Waals surface area (Å²) in [6.07, 6.45) is 1.03. The van der Waals surface area contributed by atoms with E-state index in [0.717, 1.165) is 41.9 Å². The fourth-order valence-corrected chi connectivity index (χ4v) is 5.23. The fraction of sp³-hybridized carbons (Fsp3) is 0.300. The number of para-hydroxylation sites is 1. The van der Waals surface area contributed by atoms with Gasteiger partial charge in [-0.3, -0.25) is 4.79 Å². The number of hydrogen-bond acceptors (Lipinski definition) is 5. The number of benzene rings is 3. The molecule has 1 saturated heterocycles. The van der Waals surface area contributed by atoms with Gasteiger partial charge >= 0.3 is 0 Å². The molecule has 5 rings (SSSR count). The second kappa shape index (κ2) is 9.59. The maximum absolute atomic E-state index is 13.5. The Bertz CT molecular complexity index is 1410. The number of nitrogens with zero attached hydrogens (tertiary/aromatic N) is 1. The van der Waals surface area contributed by atoms with Crippen LogP contribution in [0.25, 0.3) is 11.0 Å². The van der Waals surface area contributed by atoms with Crippen molar-refractivity contribution in [2.24, 2.45) is 0 Å². The maximum atomic E-state index is 13.5. The summed E-state index contributed by atoms with van der Waals surface area (Å²) in [6.45, 7) is 7.58. The molecule has 1 fully saturated rings. The van der Waals surface area contributed by atoms with E-state index in [0.29, 0.717) is 28.3 Å². The first-order valence-corrected chi connectivity index (χ1v) is 12.3. The maximum Gasteiger partial charge on any atom is 0.202 e. The molecule has 0 saturated carbocycles. The molecule has 3 aromatic carbocycles. The van der Waals surface area contributed by atoms with E-state index in [-0.39, 0.29) is 18.1 Å². The number of anilines is 2. The molecule has 5 heteroatoms. The number of hydrogen-bond donors (Lipinski definition) is 2. The molecule has 2 atom stereocenters. The second-order valence-electron chi connectivity index (χ2n) is 9.62. The van der Waals surface area contributed by atoms with E-state index in [2.05, 4.69) is 47.5 Å². The van der Waals surface area contributed by atoms with Crippen LogP contribution in [0.3, 0.4) is 0 Å². The molecule has 180 valence electrons. The first-order chi connectivity index (χ1) is 17.0. The van der Waals surface area contributed by atoms with Gasteiger partial charge in [-0.15, -0.1) is 0 Å². The Morgan fingerprint density at radius 3 is 2.60 bits per heavy atom. The lowest BCUT2D eigenvalue weighted by molar-refractivity contribution is 0.282. The zero-order valence-electron chi connectivity index (χ0n) is 20.5. The van der Waals surface area contributed by atoms with E-state index < -0.39 is 0 Å². The van der Waals surface area contributed by atoms with Gasteiger partial charge in [0, 0.05) is 35.8 Å². The normalized spacial score (nSPS) is 16.6. The van der Waals surface area contributed by atoms with E-state index in [9.17, 15) is 9.90 Å². The molecular formula is C30H32N2O3. The van der Waals surface area contributed by atoms with Crippen LogP contribution in [0.5, 0.6) is 0 Å². The van der Waals surface area contributed by atoms with Crippen molar-refractivity contribution in [2.45, 2.75) is 45.8 Å². The van der Waals surface area contributed by atoms with Crippen LogP contribution < -0.4 is 15.6 Å². The molecule has 0 spiro atoms. The van der Waals surface area contributed by atoms with E-state index in [1.807, 2.05) is 50.2 Å². The molecule has 2 N–H and O–H groups in total. The third-order valence-electron chi connectivity index (χ3n) is 7.14. The van der Waals surface area contributed by atoms with Crippen LogP contribution >= 0.6 is 0 Å². The Morgan fingerprint density at radius 2 is 1.83 bits per heavy atom. The predicted molar refractivity (Wildman–Crippen MR) is 142 cm³/mol. The molecule has 0 bridgehead atoms. The fourth-order valence-electron chi connectivity index (χ4n) is 5.23. The van der Waals surface area contributed by atoms with Gasteiger partial charge in [0.25, 0.3) is 0 Å². The summed E-state index contributed by atoms with van der Waals surface area (Å²) in [5, 5.41) is 13.9. The SMILES string of the molecule is Cc1cc([C@@H](C)Nc2ccccc2CO)c2oc(N3CC[C@H](c4ccccc4)C3)c(C)c(=O)c2c1. The van der Waals surface area contributed by atoms with Gasteiger partial charge in [-0.1, -0.05) is 54.6 Å². The molecule has 0 unspecified atom stereocenters. The van der Waals surface area contributed by atoms with Crippen molar-refractivity contribution in [3.8, 4) is 0 Å². The van der Waals surface area contributed by atoms with Crippen molar-refractivity contribution in [3.63, 3.8) is 0 Å². The number of aryl methyl sites for hydroxylation is 1. The molecule has 0 radical (unpaired) electrons. The van der Waals surface area contributed by atoms with Crippen molar-refractivity contribution in [2.75, 3.05) is 23.3 Å². The highest BCUT2D eigenvalue weighted by Crippen LogP contribution is 2.35. The highest BCUT2D eigenvalue weighted by Gasteiger charge is 2.28. The Kier molecular flexibility index (Phi) is 6.35. The average molecular weight is 469 g/mol. The lowest BCUT2D eigenvalue weighted by Gasteiger charge is -2.23. The smallest absolute Gasteiger partial charge is 0.202 e. The van der Waals surface area contributed by atoms with Crippen LogP contribution in [0.1, 0.15) is 53.1 Å². The van der Waals surface area contributed by atoms with Gasteiger partial charge in [0.05, 0.1) is 23.6 Å². The molecule has 5 nitrogen and oxygen atoms in total. The molecule has 1 aliphatic heterocycles. The van der Waals surface area contributed by atoms with Crippen molar-refractivity contribution < 1.29 is 9.52 Å². The first-order valence-electron chi connectivity index (χ1n) is 12.3. The van der Waals surface area contributed by atoms with Gasteiger partial charge in [0.2, 0.25) is 5.88 Å². The van der Waals surface area contributed by atoms with Crippen molar-refractivity contribution in [1.29, 1.82) is 0 Å². The molecule has 2 heterocycles. The van der Waals surface area contributed by atoms with E-state index in [1.165, 1.54) is 5.56 Å². The summed E-state index contributed by atoms with van der Waals surface area (Å²) in [5.74, 6) is 1.10. The van der Waals surface area contributed by atoms with Crippen LogP contribution in [-0.2, 0) is 6.61 Å². The molecule has 1 aliphatic rings. The lowest BCUT2D eigenvalue weighted by atomic mass is 9.99. The monoisotopic (exact) mass is 468 g/mol. The van der Waals surface area contributed by atoms with Crippen LogP contribution in [0.15, 0.2) is 75.9 Å². The Morgan fingerprint density at radius 1 is 1.09 bits per heavy atom. The van der Waals surface area contributed by atoms with Crippen LogP contribution in [-0.4, -0.2) is 18.2 Å². The number of rotatable bonds is 6. The van der Waals surface area contributed by atoms with E-state index in [1.54, 1.807) is 0 Å². The minimum atomic E-state index is -0.126. The molecule has 1 aromatic heterocycles. The summed E-state index contributed by atoms with van der Waals surface area (Å²) < 4.78 is 6.58. The standard InChI is InChI=1S/C30H32N2O3/c1-19-15-25(21(3)31-27-12-8-7-11-24(27)18-33)29-26(16-19)28(34)20(2)30(35-29)32-14-13-23(17-32)22-9-5-4-6-10-22/h4-12,15-16,21,23,31,33H,13-14,17-18H2,1-3H3/t21-,23+/m1/s1. The lowest BCUT2D eigenvalue weighted by Crippen LogP contribution is -2.23. The summed E-state index contributed by atoms with van der Waals surface area (Å²) in [4.78, 5) is 15.7. The number of aliphatic hydroxyl groups is 1. The van der Waals surface area contributed by atoms with Gasteiger partial charge in [0.15, 0.2) is 5.43 Å². The van der Waals surface area contributed by atoms with Crippen LogP contribution in [0.2, 0.25) is 0 Å². The minimum absolute atomic E-state index is 0.0253. The van der Waals surface area contributed by atoms with Crippen molar-refractivity contribution in [1.82, 2.24) is 0 Å². The number of fused-ring (bicyclic) bond motifs is 1. The molecule has 4 aromatic rings. The largest absolute Gasteiger partial charge is 0.440 e. The zero-order valence-corrected chi connectivity index (χ0v) is 20.5. The number of nitrogens with one attached hydrogen (secondary N) is 1. The summed E-state index contributed by atoms with van der Waals surface area (Å²) in [7, 11) is 0. The second-order valence-corrected chi connectivity index (χ2v) is 9.62.